The van der Waals surface area contributed by atoms with E-state index in [0.717, 1.165) is 19.3 Å². The molecule has 0 spiro atoms. The van der Waals surface area contributed by atoms with Gasteiger partial charge in [-0.2, -0.15) is 5.26 Å². The van der Waals surface area contributed by atoms with E-state index in [-0.39, 0.29) is 12.8 Å². The van der Waals surface area contributed by atoms with Crippen LogP contribution in [0, 0.1) is 17.2 Å². The molecule has 0 amide bonds. The number of esters is 2. The van der Waals surface area contributed by atoms with Crippen molar-refractivity contribution in [2.75, 3.05) is 13.2 Å². The van der Waals surface area contributed by atoms with Crippen LogP contribution in [0.5, 0.6) is 0 Å². The van der Waals surface area contributed by atoms with Gasteiger partial charge in [0, 0.05) is 6.42 Å². The Morgan fingerprint density at radius 2 is 1.69 bits per heavy atom. The smallest absolute Gasteiger partial charge is 0.320 e. The Morgan fingerprint density at radius 3 is 2.19 bits per heavy atom. The molecule has 1 saturated heterocycles. The molecule has 5 heteroatoms. The fourth-order valence-electron chi connectivity index (χ4n) is 1.47. The van der Waals surface area contributed by atoms with Crippen LogP contribution in [0.2, 0.25) is 0 Å². The van der Waals surface area contributed by atoms with Gasteiger partial charge in [-0.25, -0.2) is 0 Å². The van der Waals surface area contributed by atoms with Crippen LogP contribution in [-0.2, 0) is 19.1 Å². The molecule has 0 atom stereocenters. The summed E-state index contributed by atoms with van der Waals surface area (Å²) >= 11 is 0. The third-order valence-electron chi connectivity index (χ3n) is 2.39. The summed E-state index contributed by atoms with van der Waals surface area (Å²) in [6.45, 7) is 0.685. The largest absolute Gasteiger partial charge is 0.465 e. The van der Waals surface area contributed by atoms with Gasteiger partial charge in [0.1, 0.15) is 0 Å². The Bertz CT molecular complexity index is 275. The molecule has 1 aliphatic rings. The van der Waals surface area contributed by atoms with Crippen molar-refractivity contribution in [2.24, 2.45) is 5.92 Å². The van der Waals surface area contributed by atoms with Gasteiger partial charge in [0.15, 0.2) is 5.92 Å². The fraction of sp³-hybridized carbons (Fsp3) is 0.727. The molecular weight excluding hydrogens is 210 g/mol. The molecule has 0 aliphatic carbocycles. The van der Waals surface area contributed by atoms with Crippen LogP contribution in [-0.4, -0.2) is 25.2 Å². The van der Waals surface area contributed by atoms with Crippen molar-refractivity contribution in [3.05, 3.63) is 0 Å². The van der Waals surface area contributed by atoms with Gasteiger partial charge in [0.05, 0.1) is 19.3 Å². The first kappa shape index (κ1) is 12.5. The topological polar surface area (TPSA) is 76.4 Å². The number of rotatable bonds is 2. The average molecular weight is 225 g/mol. The first-order valence-electron chi connectivity index (χ1n) is 5.46. The quantitative estimate of drug-likeness (QED) is 0.521. The Kier molecular flexibility index (Phi) is 5.34. The summed E-state index contributed by atoms with van der Waals surface area (Å²) in [5.74, 6) is -2.07. The molecule has 0 N–H and O–H groups in total. The molecule has 0 saturated carbocycles. The van der Waals surface area contributed by atoms with Crippen LogP contribution >= 0.6 is 0 Å². The molecular formula is C11H15NO4. The maximum absolute atomic E-state index is 11.5. The van der Waals surface area contributed by atoms with Gasteiger partial charge < -0.3 is 9.47 Å². The molecule has 1 aliphatic heterocycles. The molecule has 1 rings (SSSR count). The molecule has 0 aromatic carbocycles. The van der Waals surface area contributed by atoms with Crippen LogP contribution in [0.15, 0.2) is 0 Å². The van der Waals surface area contributed by atoms with Gasteiger partial charge in [-0.1, -0.05) is 0 Å². The Morgan fingerprint density at radius 1 is 1.12 bits per heavy atom. The molecule has 0 bridgehead atoms. The van der Waals surface area contributed by atoms with E-state index in [4.69, 9.17) is 14.7 Å². The van der Waals surface area contributed by atoms with Gasteiger partial charge in [-0.3, -0.25) is 9.59 Å². The van der Waals surface area contributed by atoms with Gasteiger partial charge in [0.2, 0.25) is 0 Å². The zero-order valence-electron chi connectivity index (χ0n) is 9.11. The molecule has 88 valence electrons. The Balaban J connectivity index is 2.59. The van der Waals surface area contributed by atoms with Crippen molar-refractivity contribution in [3.8, 4) is 6.07 Å². The number of nitrogens with zero attached hydrogens (tertiary/aromatic N) is 1. The Labute approximate surface area is 94.3 Å². The van der Waals surface area contributed by atoms with Crippen LogP contribution < -0.4 is 0 Å². The highest BCUT2D eigenvalue weighted by molar-refractivity contribution is 5.94. The summed E-state index contributed by atoms with van der Waals surface area (Å²) in [5.41, 5.74) is 0. The maximum atomic E-state index is 11.5. The highest BCUT2D eigenvalue weighted by Gasteiger charge is 2.29. The molecule has 0 radical (unpaired) electrons. The van der Waals surface area contributed by atoms with Gasteiger partial charge in [-0.05, 0) is 25.7 Å². The molecule has 0 aromatic heterocycles. The molecule has 1 heterocycles. The van der Waals surface area contributed by atoms with Crippen molar-refractivity contribution in [1.29, 1.82) is 5.26 Å². The minimum absolute atomic E-state index is 0.148. The van der Waals surface area contributed by atoms with E-state index in [2.05, 4.69) is 0 Å². The van der Waals surface area contributed by atoms with Crippen molar-refractivity contribution in [1.82, 2.24) is 0 Å². The first-order valence-corrected chi connectivity index (χ1v) is 5.46. The minimum atomic E-state index is -0.933. The molecule has 0 unspecified atom stereocenters. The van der Waals surface area contributed by atoms with Crippen LogP contribution in [0.25, 0.3) is 0 Å². The maximum Gasteiger partial charge on any atom is 0.320 e. The van der Waals surface area contributed by atoms with Crippen molar-refractivity contribution < 1.29 is 19.1 Å². The number of ether oxygens (including phenoxy) is 2. The third kappa shape index (κ3) is 3.89. The van der Waals surface area contributed by atoms with Crippen LogP contribution in [0.3, 0.4) is 0 Å². The highest BCUT2D eigenvalue weighted by Crippen LogP contribution is 2.13. The predicted molar refractivity (Wildman–Crippen MR) is 54.1 cm³/mol. The average Bonchev–Trinajstić information content (AvgIpc) is 2.27. The second-order valence-corrected chi connectivity index (χ2v) is 3.65. The fourth-order valence-corrected chi connectivity index (χ4v) is 1.47. The lowest BCUT2D eigenvalue weighted by atomic mass is 10.0. The molecule has 16 heavy (non-hydrogen) atoms. The van der Waals surface area contributed by atoms with E-state index in [1.54, 1.807) is 0 Å². The van der Waals surface area contributed by atoms with Crippen molar-refractivity contribution in [2.45, 2.75) is 32.1 Å². The van der Waals surface area contributed by atoms with E-state index in [9.17, 15) is 9.59 Å². The molecule has 5 nitrogen and oxygen atoms in total. The second-order valence-electron chi connectivity index (χ2n) is 3.65. The van der Waals surface area contributed by atoms with Crippen molar-refractivity contribution in [3.63, 3.8) is 0 Å². The second kappa shape index (κ2) is 6.83. The summed E-state index contributed by atoms with van der Waals surface area (Å²) < 4.78 is 9.90. The van der Waals surface area contributed by atoms with Crippen LogP contribution in [0.1, 0.15) is 32.1 Å². The number of carbonyl (C=O) groups excluding carboxylic acids is 2. The van der Waals surface area contributed by atoms with E-state index >= 15 is 0 Å². The number of hydrogen-bond acceptors (Lipinski definition) is 5. The lowest BCUT2D eigenvalue weighted by Crippen LogP contribution is -2.29. The SMILES string of the molecule is N#CCCC1C(=O)OCCCCCOC1=O. The predicted octanol–water partition coefficient (Wildman–Crippen LogP) is 1.18. The van der Waals surface area contributed by atoms with E-state index in [0.29, 0.717) is 13.2 Å². The van der Waals surface area contributed by atoms with Gasteiger partial charge in [-0.15, -0.1) is 0 Å². The zero-order chi connectivity index (χ0) is 11.8. The number of cyclic esters (lactones) is 2. The highest BCUT2D eigenvalue weighted by atomic mass is 16.6. The minimum Gasteiger partial charge on any atom is -0.465 e. The molecule has 0 aromatic rings. The normalized spacial score (nSPS) is 19.4. The first-order chi connectivity index (χ1) is 7.75. The van der Waals surface area contributed by atoms with E-state index < -0.39 is 17.9 Å². The summed E-state index contributed by atoms with van der Waals surface area (Å²) in [7, 11) is 0. The lowest BCUT2D eigenvalue weighted by molar-refractivity contribution is -0.163. The Hall–Kier alpha value is -1.57. The van der Waals surface area contributed by atoms with E-state index in [1.807, 2.05) is 6.07 Å². The van der Waals surface area contributed by atoms with E-state index in [1.165, 1.54) is 0 Å². The van der Waals surface area contributed by atoms with Gasteiger partial charge in [0.25, 0.3) is 0 Å². The number of nitriles is 1. The summed E-state index contributed by atoms with van der Waals surface area (Å²) in [4.78, 5) is 23.0. The zero-order valence-corrected chi connectivity index (χ0v) is 9.11. The number of hydrogen-bond donors (Lipinski definition) is 0. The van der Waals surface area contributed by atoms with Crippen molar-refractivity contribution >= 4 is 11.9 Å². The standard InChI is InChI=1S/C11H15NO4/c12-6-4-5-9-10(13)15-7-2-1-3-8-16-11(9)14/h9H,1-5,7-8H2. The van der Waals surface area contributed by atoms with Gasteiger partial charge >= 0.3 is 11.9 Å². The monoisotopic (exact) mass is 225 g/mol. The summed E-state index contributed by atoms with van der Waals surface area (Å²) in [6.07, 6.45) is 2.77. The summed E-state index contributed by atoms with van der Waals surface area (Å²) in [6, 6.07) is 1.90. The van der Waals surface area contributed by atoms with Crippen LogP contribution in [0.4, 0.5) is 0 Å². The lowest BCUT2D eigenvalue weighted by Gasteiger charge is -2.16. The molecule has 1 fully saturated rings. The third-order valence-corrected chi connectivity index (χ3v) is 2.39. The summed E-state index contributed by atoms with van der Waals surface area (Å²) in [5, 5.41) is 8.44. The number of carbonyl (C=O) groups is 2.